The molecule has 19 heavy (non-hydrogen) atoms. The molecular formula is C12H10F5NO. The summed E-state index contributed by atoms with van der Waals surface area (Å²) in [6.07, 6.45) is -8.59. The Bertz CT molecular complexity index is 478. The summed E-state index contributed by atoms with van der Waals surface area (Å²) in [7, 11) is 1.04. The van der Waals surface area contributed by atoms with E-state index in [-0.39, 0.29) is 11.1 Å². The number of ether oxygens (including phenoxy) is 1. The van der Waals surface area contributed by atoms with E-state index in [2.05, 4.69) is 4.74 Å². The van der Waals surface area contributed by atoms with E-state index in [0.717, 1.165) is 7.11 Å². The van der Waals surface area contributed by atoms with Crippen LogP contribution < -0.4 is 0 Å². The second kappa shape index (κ2) is 5.53. The lowest BCUT2D eigenvalue weighted by atomic mass is 10.0. The highest BCUT2D eigenvalue weighted by Crippen LogP contribution is 2.42. The Morgan fingerprint density at radius 2 is 1.89 bits per heavy atom. The molecule has 1 aromatic carbocycles. The fourth-order valence-corrected chi connectivity index (χ4v) is 1.49. The van der Waals surface area contributed by atoms with Crippen LogP contribution in [0.4, 0.5) is 22.0 Å². The Labute approximate surface area is 106 Å². The van der Waals surface area contributed by atoms with E-state index in [1.807, 2.05) is 0 Å². The number of hydrogen-bond donors (Lipinski definition) is 0. The molecule has 1 aromatic rings. The number of nitriles is 1. The molecule has 0 fully saturated rings. The van der Waals surface area contributed by atoms with Crippen LogP contribution in [0.1, 0.15) is 23.7 Å². The molecule has 0 aliphatic carbocycles. The maximum absolute atomic E-state index is 13.0. The number of methoxy groups -OCH3 is 1. The molecule has 0 heterocycles. The van der Waals surface area contributed by atoms with Crippen molar-refractivity contribution in [3.8, 4) is 6.07 Å². The minimum atomic E-state index is -5.63. The summed E-state index contributed by atoms with van der Waals surface area (Å²) in [5.74, 6) is -4.85. The summed E-state index contributed by atoms with van der Waals surface area (Å²) in [4.78, 5) is 0. The van der Waals surface area contributed by atoms with Gasteiger partial charge in [0.1, 0.15) is 0 Å². The molecule has 1 atom stereocenters. The van der Waals surface area contributed by atoms with Crippen molar-refractivity contribution in [3.05, 3.63) is 35.4 Å². The normalized spacial score (nSPS) is 13.9. The van der Waals surface area contributed by atoms with Crippen molar-refractivity contribution < 1.29 is 26.7 Å². The molecule has 1 unspecified atom stereocenters. The van der Waals surface area contributed by atoms with Gasteiger partial charge < -0.3 is 4.74 Å². The molecule has 1 rings (SSSR count). The van der Waals surface area contributed by atoms with Crippen LogP contribution in [-0.2, 0) is 4.74 Å². The minimum Gasteiger partial charge on any atom is -0.377 e. The minimum absolute atomic E-state index is 0.102. The zero-order valence-corrected chi connectivity index (χ0v) is 9.84. The van der Waals surface area contributed by atoms with Crippen molar-refractivity contribution >= 4 is 0 Å². The van der Waals surface area contributed by atoms with Crippen molar-refractivity contribution in [1.82, 2.24) is 0 Å². The summed E-state index contributed by atoms with van der Waals surface area (Å²) in [5.41, 5.74) is 0.264. The number of halogens is 5. The van der Waals surface area contributed by atoms with Gasteiger partial charge in [-0.2, -0.15) is 27.2 Å². The molecule has 0 amide bonds. The fourth-order valence-electron chi connectivity index (χ4n) is 1.49. The third kappa shape index (κ3) is 3.64. The second-order valence-corrected chi connectivity index (χ2v) is 3.87. The third-order valence-electron chi connectivity index (χ3n) is 2.53. The first-order valence-corrected chi connectivity index (χ1v) is 5.18. The van der Waals surface area contributed by atoms with Crippen LogP contribution in [-0.4, -0.2) is 19.2 Å². The number of alkyl halides is 5. The zero-order valence-electron chi connectivity index (χ0n) is 9.84. The van der Waals surface area contributed by atoms with E-state index < -0.39 is 24.6 Å². The summed E-state index contributed by atoms with van der Waals surface area (Å²) >= 11 is 0. The molecule has 0 aliphatic heterocycles. The van der Waals surface area contributed by atoms with Crippen molar-refractivity contribution in [2.75, 3.05) is 7.11 Å². The van der Waals surface area contributed by atoms with Gasteiger partial charge in [0.15, 0.2) is 0 Å². The van der Waals surface area contributed by atoms with Crippen LogP contribution >= 0.6 is 0 Å². The lowest BCUT2D eigenvalue weighted by Crippen LogP contribution is -2.38. The molecule has 104 valence electrons. The number of hydrogen-bond acceptors (Lipinski definition) is 2. The van der Waals surface area contributed by atoms with E-state index in [1.165, 1.54) is 24.3 Å². The van der Waals surface area contributed by atoms with Crippen molar-refractivity contribution in [1.29, 1.82) is 5.26 Å². The average Bonchev–Trinajstić information content (AvgIpc) is 2.34. The first kappa shape index (κ1) is 15.4. The third-order valence-corrected chi connectivity index (χ3v) is 2.53. The molecule has 0 saturated carbocycles. The predicted octanol–water partition coefficient (Wildman–Crippen LogP) is 3.83. The van der Waals surface area contributed by atoms with E-state index in [4.69, 9.17) is 5.26 Å². The topological polar surface area (TPSA) is 33.0 Å². The first-order valence-electron chi connectivity index (χ1n) is 5.18. The Hall–Kier alpha value is -1.68. The average molecular weight is 279 g/mol. The monoisotopic (exact) mass is 279 g/mol. The van der Waals surface area contributed by atoms with Crippen molar-refractivity contribution in [2.45, 2.75) is 24.6 Å². The number of nitrogens with zero attached hydrogens (tertiary/aromatic N) is 1. The Balaban J connectivity index is 2.99. The Morgan fingerprint density at radius 3 is 2.37 bits per heavy atom. The summed E-state index contributed by atoms with van der Waals surface area (Å²) in [5, 5.41) is 8.66. The largest absolute Gasteiger partial charge is 0.453 e. The van der Waals surface area contributed by atoms with Gasteiger partial charge in [0.25, 0.3) is 0 Å². The highest BCUT2D eigenvalue weighted by molar-refractivity contribution is 5.33. The molecule has 0 saturated heterocycles. The second-order valence-electron chi connectivity index (χ2n) is 3.87. The highest BCUT2D eigenvalue weighted by Gasteiger charge is 2.58. The van der Waals surface area contributed by atoms with E-state index in [9.17, 15) is 22.0 Å². The lowest BCUT2D eigenvalue weighted by Gasteiger charge is -2.24. The molecule has 0 radical (unpaired) electrons. The summed E-state index contributed by atoms with van der Waals surface area (Å²) in [6, 6.07) is 7.14. The van der Waals surface area contributed by atoms with Gasteiger partial charge in [-0.25, -0.2) is 0 Å². The van der Waals surface area contributed by atoms with Gasteiger partial charge in [-0.15, -0.1) is 0 Å². The quantitative estimate of drug-likeness (QED) is 0.785. The first-order chi connectivity index (χ1) is 8.71. The smallest absolute Gasteiger partial charge is 0.377 e. The van der Waals surface area contributed by atoms with E-state index in [1.54, 1.807) is 6.07 Å². The van der Waals surface area contributed by atoms with Gasteiger partial charge in [0.2, 0.25) is 0 Å². The molecule has 7 heteroatoms. The maximum Gasteiger partial charge on any atom is 0.453 e. The molecule has 0 bridgehead atoms. The van der Waals surface area contributed by atoms with Gasteiger partial charge in [-0.05, 0) is 17.7 Å². The van der Waals surface area contributed by atoms with Crippen LogP contribution in [0, 0.1) is 11.3 Å². The van der Waals surface area contributed by atoms with Gasteiger partial charge >= 0.3 is 12.1 Å². The van der Waals surface area contributed by atoms with Gasteiger partial charge in [-0.3, -0.25) is 0 Å². The Kier molecular flexibility index (Phi) is 4.48. The maximum atomic E-state index is 13.0. The molecule has 0 aliphatic rings. The van der Waals surface area contributed by atoms with Crippen LogP contribution in [0.3, 0.4) is 0 Å². The van der Waals surface area contributed by atoms with Gasteiger partial charge in [-0.1, -0.05) is 12.1 Å². The van der Waals surface area contributed by atoms with Crippen LogP contribution in [0.2, 0.25) is 0 Å². The standard InChI is InChI=1S/C12H10F5NO/c1-19-10(6-11(13,14)12(15,16)17)9-4-2-3-8(5-9)7-18/h2-5,10H,6H2,1H3. The fraction of sp³-hybridized carbons (Fsp3) is 0.417. The SMILES string of the molecule is COC(CC(F)(F)C(F)(F)F)c1cccc(C#N)c1. The van der Waals surface area contributed by atoms with Crippen molar-refractivity contribution in [2.24, 2.45) is 0 Å². The van der Waals surface area contributed by atoms with E-state index >= 15 is 0 Å². The van der Waals surface area contributed by atoms with E-state index in [0.29, 0.717) is 0 Å². The predicted molar refractivity (Wildman–Crippen MR) is 56.5 cm³/mol. The van der Waals surface area contributed by atoms with Crippen LogP contribution in [0.15, 0.2) is 24.3 Å². The number of rotatable bonds is 4. The van der Waals surface area contributed by atoms with Gasteiger partial charge in [0.05, 0.1) is 24.2 Å². The zero-order chi connectivity index (χ0) is 14.7. The molecular weight excluding hydrogens is 269 g/mol. The number of benzene rings is 1. The summed E-state index contributed by atoms with van der Waals surface area (Å²) in [6.45, 7) is 0. The summed E-state index contributed by atoms with van der Waals surface area (Å²) < 4.78 is 67.0. The lowest BCUT2D eigenvalue weighted by molar-refractivity contribution is -0.291. The molecule has 0 N–H and O–H groups in total. The van der Waals surface area contributed by atoms with Crippen LogP contribution in [0.5, 0.6) is 0 Å². The highest BCUT2D eigenvalue weighted by atomic mass is 19.4. The molecule has 0 aromatic heterocycles. The van der Waals surface area contributed by atoms with Crippen LogP contribution in [0.25, 0.3) is 0 Å². The van der Waals surface area contributed by atoms with Crippen molar-refractivity contribution in [3.63, 3.8) is 0 Å². The van der Waals surface area contributed by atoms with Gasteiger partial charge in [0, 0.05) is 7.11 Å². The molecule has 2 nitrogen and oxygen atoms in total. The molecule has 0 spiro atoms. The Morgan fingerprint density at radius 1 is 1.26 bits per heavy atom.